The summed E-state index contributed by atoms with van der Waals surface area (Å²) in [4.78, 5) is 4.49. The molecule has 0 aliphatic carbocycles. The van der Waals surface area contributed by atoms with Crippen molar-refractivity contribution in [1.29, 1.82) is 0 Å². The quantitative estimate of drug-likeness (QED) is 0.491. The van der Waals surface area contributed by atoms with Gasteiger partial charge in [0.15, 0.2) is 0 Å². The SMILES string of the molecule is Cc1cccc(-n2nnnc2SCc2nccn2Cc2ccccc2)c1. The van der Waals surface area contributed by atoms with Gasteiger partial charge in [0.05, 0.1) is 11.4 Å². The zero-order valence-electron chi connectivity index (χ0n) is 14.4. The lowest BCUT2D eigenvalue weighted by atomic mass is 10.2. The fourth-order valence-electron chi connectivity index (χ4n) is 2.72. The first kappa shape index (κ1) is 16.5. The van der Waals surface area contributed by atoms with E-state index in [4.69, 9.17) is 0 Å². The van der Waals surface area contributed by atoms with Crippen LogP contribution in [0.25, 0.3) is 5.69 Å². The topological polar surface area (TPSA) is 61.4 Å². The fraction of sp³-hybridized carbons (Fsp3) is 0.158. The van der Waals surface area contributed by atoms with Gasteiger partial charge in [0, 0.05) is 18.9 Å². The molecule has 130 valence electrons. The van der Waals surface area contributed by atoms with E-state index in [0.29, 0.717) is 5.75 Å². The second-order valence-electron chi connectivity index (χ2n) is 5.96. The van der Waals surface area contributed by atoms with Crippen molar-refractivity contribution in [3.63, 3.8) is 0 Å². The Morgan fingerprint density at radius 2 is 1.92 bits per heavy atom. The smallest absolute Gasteiger partial charge is 0.214 e. The monoisotopic (exact) mass is 362 g/mol. The molecule has 0 N–H and O–H groups in total. The van der Waals surface area contributed by atoms with Crippen LogP contribution in [0.5, 0.6) is 0 Å². The fourth-order valence-corrected chi connectivity index (χ4v) is 3.58. The van der Waals surface area contributed by atoms with E-state index in [-0.39, 0.29) is 0 Å². The van der Waals surface area contributed by atoms with Crippen LogP contribution in [-0.2, 0) is 12.3 Å². The lowest BCUT2D eigenvalue weighted by Gasteiger charge is -2.08. The van der Waals surface area contributed by atoms with Crippen LogP contribution >= 0.6 is 11.8 Å². The van der Waals surface area contributed by atoms with Crippen molar-refractivity contribution < 1.29 is 0 Å². The van der Waals surface area contributed by atoms with Gasteiger partial charge in [0.25, 0.3) is 0 Å². The minimum Gasteiger partial charge on any atom is -0.330 e. The summed E-state index contributed by atoms with van der Waals surface area (Å²) in [6.07, 6.45) is 3.84. The Morgan fingerprint density at radius 3 is 2.77 bits per heavy atom. The molecule has 0 atom stereocenters. The molecule has 0 spiro atoms. The average molecular weight is 362 g/mol. The molecule has 0 unspecified atom stereocenters. The number of nitrogens with zero attached hydrogens (tertiary/aromatic N) is 6. The van der Waals surface area contributed by atoms with Gasteiger partial charge in [0.1, 0.15) is 5.82 Å². The van der Waals surface area contributed by atoms with Crippen LogP contribution in [0.1, 0.15) is 17.0 Å². The second-order valence-corrected chi connectivity index (χ2v) is 6.90. The highest BCUT2D eigenvalue weighted by atomic mass is 32.2. The Balaban J connectivity index is 1.49. The minimum atomic E-state index is 0.700. The zero-order chi connectivity index (χ0) is 17.8. The van der Waals surface area contributed by atoms with Gasteiger partial charge in [-0.25, -0.2) is 4.98 Å². The highest BCUT2D eigenvalue weighted by molar-refractivity contribution is 7.98. The van der Waals surface area contributed by atoms with Crippen LogP contribution in [0.3, 0.4) is 0 Å². The standard InChI is InChI=1S/C19H18N6S/c1-15-6-5-9-17(12-15)25-19(21-22-23-25)26-14-18-20-10-11-24(18)13-16-7-3-2-4-8-16/h2-12H,13-14H2,1H3. The molecule has 26 heavy (non-hydrogen) atoms. The normalized spacial score (nSPS) is 11.0. The summed E-state index contributed by atoms with van der Waals surface area (Å²) >= 11 is 1.58. The van der Waals surface area contributed by atoms with Crippen molar-refractivity contribution >= 4 is 11.8 Å². The van der Waals surface area contributed by atoms with E-state index in [9.17, 15) is 0 Å². The van der Waals surface area contributed by atoms with Crippen molar-refractivity contribution in [2.24, 2.45) is 0 Å². The number of thioether (sulfide) groups is 1. The van der Waals surface area contributed by atoms with Crippen molar-refractivity contribution in [2.45, 2.75) is 24.4 Å². The lowest BCUT2D eigenvalue weighted by Crippen LogP contribution is -2.04. The van der Waals surface area contributed by atoms with E-state index < -0.39 is 0 Å². The Labute approximate surface area is 155 Å². The first-order valence-corrected chi connectivity index (χ1v) is 9.30. The minimum absolute atomic E-state index is 0.700. The predicted molar refractivity (Wildman–Crippen MR) is 101 cm³/mol. The molecule has 6 nitrogen and oxygen atoms in total. The van der Waals surface area contributed by atoms with Gasteiger partial charge in [-0.15, -0.1) is 5.10 Å². The van der Waals surface area contributed by atoms with Crippen LogP contribution in [0.15, 0.2) is 72.1 Å². The summed E-state index contributed by atoms with van der Waals surface area (Å²) < 4.78 is 3.92. The third kappa shape index (κ3) is 3.67. The van der Waals surface area contributed by atoms with Crippen LogP contribution in [0, 0.1) is 6.92 Å². The number of benzene rings is 2. The van der Waals surface area contributed by atoms with Crippen molar-refractivity contribution in [1.82, 2.24) is 29.8 Å². The molecule has 0 saturated heterocycles. The molecule has 0 saturated carbocycles. The van der Waals surface area contributed by atoms with Crippen LogP contribution in [0.4, 0.5) is 0 Å². The maximum Gasteiger partial charge on any atom is 0.214 e. The highest BCUT2D eigenvalue weighted by Gasteiger charge is 2.11. The molecule has 0 aliphatic heterocycles. The average Bonchev–Trinajstić information content (AvgIpc) is 3.30. The molecular formula is C19H18N6S. The van der Waals surface area contributed by atoms with E-state index in [1.807, 2.05) is 30.6 Å². The van der Waals surface area contributed by atoms with Gasteiger partial charge < -0.3 is 4.57 Å². The number of aryl methyl sites for hydroxylation is 1. The molecule has 0 aliphatic rings. The summed E-state index contributed by atoms with van der Waals surface area (Å²) in [5.41, 5.74) is 3.39. The molecule has 4 rings (SSSR count). The molecule has 0 amide bonds. The van der Waals surface area contributed by atoms with E-state index >= 15 is 0 Å². The Bertz CT molecular complexity index is 992. The molecule has 2 aromatic heterocycles. The van der Waals surface area contributed by atoms with Crippen molar-refractivity contribution in [2.75, 3.05) is 0 Å². The zero-order valence-corrected chi connectivity index (χ0v) is 15.2. The molecule has 0 bridgehead atoms. The molecule has 4 aromatic rings. The first-order valence-electron chi connectivity index (χ1n) is 8.32. The number of hydrogen-bond acceptors (Lipinski definition) is 5. The van der Waals surface area contributed by atoms with Crippen LogP contribution in [0.2, 0.25) is 0 Å². The number of aromatic nitrogens is 6. The van der Waals surface area contributed by atoms with E-state index in [2.05, 4.69) is 68.4 Å². The third-order valence-corrected chi connectivity index (χ3v) is 4.93. The van der Waals surface area contributed by atoms with Gasteiger partial charge in [-0.1, -0.05) is 54.2 Å². The largest absolute Gasteiger partial charge is 0.330 e. The summed E-state index contributed by atoms with van der Waals surface area (Å²) in [5.74, 6) is 1.70. The highest BCUT2D eigenvalue weighted by Crippen LogP contribution is 2.22. The van der Waals surface area contributed by atoms with E-state index in [1.54, 1.807) is 16.4 Å². The van der Waals surface area contributed by atoms with Gasteiger partial charge in [-0.3, -0.25) is 0 Å². The summed E-state index contributed by atoms with van der Waals surface area (Å²) in [6, 6.07) is 18.5. The Kier molecular flexibility index (Phi) is 4.79. The summed E-state index contributed by atoms with van der Waals surface area (Å²) in [7, 11) is 0. The molecule has 2 heterocycles. The molecule has 0 radical (unpaired) electrons. The maximum absolute atomic E-state index is 4.49. The molecule has 7 heteroatoms. The molecule has 2 aromatic carbocycles. The number of imidazole rings is 1. The van der Waals surface area contributed by atoms with Gasteiger partial charge in [0.2, 0.25) is 5.16 Å². The van der Waals surface area contributed by atoms with Gasteiger partial charge in [-0.2, -0.15) is 4.68 Å². The second kappa shape index (κ2) is 7.53. The predicted octanol–water partition coefficient (Wildman–Crippen LogP) is 3.51. The number of tetrazole rings is 1. The van der Waals surface area contributed by atoms with E-state index in [0.717, 1.165) is 23.2 Å². The molecular weight excluding hydrogens is 344 g/mol. The van der Waals surface area contributed by atoms with Crippen molar-refractivity contribution in [3.8, 4) is 5.69 Å². The first-order chi connectivity index (χ1) is 12.8. The number of hydrogen-bond donors (Lipinski definition) is 0. The Hall–Kier alpha value is -2.93. The maximum atomic E-state index is 4.49. The lowest BCUT2D eigenvalue weighted by molar-refractivity contribution is 0.747. The third-order valence-electron chi connectivity index (χ3n) is 4.01. The van der Waals surface area contributed by atoms with Crippen LogP contribution < -0.4 is 0 Å². The Morgan fingerprint density at radius 1 is 1.04 bits per heavy atom. The van der Waals surface area contributed by atoms with Crippen LogP contribution in [-0.4, -0.2) is 29.8 Å². The van der Waals surface area contributed by atoms with Crippen molar-refractivity contribution in [3.05, 3.63) is 83.9 Å². The van der Waals surface area contributed by atoms with Gasteiger partial charge >= 0.3 is 0 Å². The van der Waals surface area contributed by atoms with Gasteiger partial charge in [-0.05, 0) is 40.6 Å². The molecule has 0 fully saturated rings. The number of rotatable bonds is 6. The summed E-state index contributed by atoms with van der Waals surface area (Å²) in [5, 5.41) is 12.9. The summed E-state index contributed by atoms with van der Waals surface area (Å²) in [6.45, 7) is 2.86. The van der Waals surface area contributed by atoms with E-state index in [1.165, 1.54) is 11.1 Å².